The number of likely N-dealkylation sites (tertiary alicyclic amines) is 1. The maximum Gasteiger partial charge on any atom is 0.431 e. The highest BCUT2D eigenvalue weighted by Gasteiger charge is 2.36. The van der Waals surface area contributed by atoms with Gasteiger partial charge in [-0.3, -0.25) is 14.4 Å². The molecule has 4 rings (SSSR count). The Balaban J connectivity index is 1.24. The molecule has 1 saturated heterocycles. The number of benzene rings is 2. The van der Waals surface area contributed by atoms with Crippen molar-refractivity contribution in [3.05, 3.63) is 101 Å². The van der Waals surface area contributed by atoms with Crippen LogP contribution in [0.5, 0.6) is 0 Å². The van der Waals surface area contributed by atoms with Gasteiger partial charge in [0.05, 0.1) is 0 Å². The number of nitrogens with zero attached hydrogens (tertiary/aromatic N) is 2. The van der Waals surface area contributed by atoms with Crippen LogP contribution in [0.3, 0.4) is 0 Å². The average Bonchev–Trinajstić information content (AvgIpc) is 3.33. The van der Waals surface area contributed by atoms with Crippen molar-refractivity contribution in [2.45, 2.75) is 31.5 Å². The average molecular weight is 539 g/mol. The number of aromatic nitrogens is 1. The number of nitrogens with one attached hydrogen (secondary N) is 2. The predicted molar refractivity (Wildman–Crippen MR) is 141 cm³/mol. The van der Waals surface area contributed by atoms with Crippen LogP contribution in [0.25, 0.3) is 0 Å². The lowest BCUT2D eigenvalue weighted by Crippen LogP contribution is -2.38. The summed E-state index contributed by atoms with van der Waals surface area (Å²) < 4.78 is 40.1. The van der Waals surface area contributed by atoms with Gasteiger partial charge in [0, 0.05) is 44.5 Å². The lowest BCUT2D eigenvalue weighted by atomic mass is 9.89. The van der Waals surface area contributed by atoms with E-state index in [0.29, 0.717) is 38.2 Å². The minimum atomic E-state index is -4.51. The number of rotatable bonds is 7. The zero-order chi connectivity index (χ0) is 28.0. The van der Waals surface area contributed by atoms with Gasteiger partial charge in [0.25, 0.3) is 5.91 Å². The van der Waals surface area contributed by atoms with Gasteiger partial charge in [-0.1, -0.05) is 42.5 Å². The molecule has 1 aromatic heterocycles. The van der Waals surface area contributed by atoms with Crippen molar-refractivity contribution in [2.24, 2.45) is 7.05 Å². The van der Waals surface area contributed by atoms with Crippen LogP contribution in [0.4, 0.5) is 18.9 Å². The SMILES string of the molecule is Cn1c(C(=O)N2CCC(c3ccc(NC(=O)/C=C/C(=O)NCc4ccccc4)cc3)CC2)ccc1C(F)(F)F. The fourth-order valence-corrected chi connectivity index (χ4v) is 4.61. The molecule has 10 heteroatoms. The van der Waals surface area contributed by atoms with Crippen LogP contribution in [-0.2, 0) is 29.4 Å². The Labute approximate surface area is 224 Å². The summed E-state index contributed by atoms with van der Waals surface area (Å²) in [6.45, 7) is 1.24. The van der Waals surface area contributed by atoms with E-state index in [0.717, 1.165) is 21.8 Å². The third-order valence-electron chi connectivity index (χ3n) is 6.76. The molecule has 39 heavy (non-hydrogen) atoms. The molecule has 3 aromatic rings. The maximum absolute atomic E-state index is 13.1. The first kappa shape index (κ1) is 27.7. The summed E-state index contributed by atoms with van der Waals surface area (Å²) in [5, 5.41) is 5.43. The molecule has 0 unspecified atom stereocenters. The van der Waals surface area contributed by atoms with Gasteiger partial charge in [0.2, 0.25) is 11.8 Å². The van der Waals surface area contributed by atoms with E-state index in [1.165, 1.54) is 25.3 Å². The number of carbonyl (C=O) groups excluding carboxylic acids is 3. The summed E-state index contributed by atoms with van der Waals surface area (Å²) in [4.78, 5) is 38.5. The summed E-state index contributed by atoms with van der Waals surface area (Å²) >= 11 is 0. The summed E-state index contributed by atoms with van der Waals surface area (Å²) in [7, 11) is 1.25. The Hall–Kier alpha value is -4.34. The topological polar surface area (TPSA) is 83.4 Å². The first-order valence-corrected chi connectivity index (χ1v) is 12.5. The number of hydrogen-bond acceptors (Lipinski definition) is 3. The van der Waals surface area contributed by atoms with Crippen LogP contribution in [-0.4, -0.2) is 40.3 Å². The van der Waals surface area contributed by atoms with Crippen LogP contribution in [0.1, 0.15) is 46.1 Å². The van der Waals surface area contributed by atoms with E-state index in [1.807, 2.05) is 42.5 Å². The summed E-state index contributed by atoms with van der Waals surface area (Å²) in [5.74, 6) is -1.03. The monoisotopic (exact) mass is 538 g/mol. The van der Waals surface area contributed by atoms with Crippen molar-refractivity contribution in [3.8, 4) is 0 Å². The van der Waals surface area contributed by atoms with Crippen molar-refractivity contribution in [2.75, 3.05) is 18.4 Å². The lowest BCUT2D eigenvalue weighted by Gasteiger charge is -2.32. The van der Waals surface area contributed by atoms with Crippen molar-refractivity contribution in [1.82, 2.24) is 14.8 Å². The largest absolute Gasteiger partial charge is 0.431 e. The van der Waals surface area contributed by atoms with Crippen molar-refractivity contribution < 1.29 is 27.6 Å². The molecule has 7 nitrogen and oxygen atoms in total. The number of anilines is 1. The minimum Gasteiger partial charge on any atom is -0.348 e. The smallest absolute Gasteiger partial charge is 0.348 e. The van der Waals surface area contributed by atoms with Gasteiger partial charge >= 0.3 is 6.18 Å². The van der Waals surface area contributed by atoms with E-state index < -0.39 is 23.7 Å². The molecule has 2 heterocycles. The summed E-state index contributed by atoms with van der Waals surface area (Å²) in [6, 6.07) is 18.9. The van der Waals surface area contributed by atoms with Crippen LogP contribution in [0.2, 0.25) is 0 Å². The van der Waals surface area contributed by atoms with Gasteiger partial charge in [-0.05, 0) is 54.2 Å². The number of halogens is 3. The molecule has 0 saturated carbocycles. The van der Waals surface area contributed by atoms with Crippen LogP contribution in [0, 0.1) is 0 Å². The van der Waals surface area contributed by atoms with Crippen LogP contribution < -0.4 is 10.6 Å². The highest BCUT2D eigenvalue weighted by Crippen LogP contribution is 2.32. The van der Waals surface area contributed by atoms with E-state index in [1.54, 1.807) is 17.0 Å². The van der Waals surface area contributed by atoms with Gasteiger partial charge in [0.1, 0.15) is 11.4 Å². The van der Waals surface area contributed by atoms with Gasteiger partial charge in [0.15, 0.2) is 0 Å². The fraction of sp³-hybridized carbons (Fsp3) is 0.276. The molecule has 0 radical (unpaired) electrons. The Morgan fingerprint density at radius 2 is 1.54 bits per heavy atom. The molecular formula is C29H29F3N4O3. The quantitative estimate of drug-likeness (QED) is 0.421. The second-order valence-corrected chi connectivity index (χ2v) is 9.38. The van der Waals surface area contributed by atoms with E-state index in [4.69, 9.17) is 0 Å². The van der Waals surface area contributed by atoms with Crippen LogP contribution >= 0.6 is 0 Å². The number of carbonyl (C=O) groups is 3. The fourth-order valence-electron chi connectivity index (χ4n) is 4.61. The zero-order valence-electron chi connectivity index (χ0n) is 21.4. The summed E-state index contributed by atoms with van der Waals surface area (Å²) in [5.41, 5.74) is 1.75. The molecule has 204 valence electrons. The number of amides is 3. The Morgan fingerprint density at radius 3 is 2.15 bits per heavy atom. The minimum absolute atomic E-state index is 0.0172. The molecule has 1 aliphatic heterocycles. The lowest BCUT2D eigenvalue weighted by molar-refractivity contribution is -0.143. The van der Waals surface area contributed by atoms with Crippen molar-refractivity contribution >= 4 is 23.4 Å². The third-order valence-corrected chi connectivity index (χ3v) is 6.76. The molecule has 0 atom stereocenters. The van der Waals surface area contributed by atoms with E-state index in [9.17, 15) is 27.6 Å². The predicted octanol–water partition coefficient (Wildman–Crippen LogP) is 4.87. The molecule has 3 amide bonds. The second-order valence-electron chi connectivity index (χ2n) is 9.38. The summed E-state index contributed by atoms with van der Waals surface area (Å²) in [6.07, 6.45) is -0.810. The van der Waals surface area contributed by atoms with E-state index in [-0.39, 0.29) is 17.5 Å². The van der Waals surface area contributed by atoms with Crippen LogP contribution in [0.15, 0.2) is 78.9 Å². The Kier molecular flexibility index (Phi) is 8.53. The Bertz CT molecular complexity index is 1340. The Morgan fingerprint density at radius 1 is 0.897 bits per heavy atom. The molecule has 2 aromatic carbocycles. The maximum atomic E-state index is 13.1. The molecule has 0 spiro atoms. The van der Waals surface area contributed by atoms with Crippen molar-refractivity contribution in [3.63, 3.8) is 0 Å². The molecule has 1 fully saturated rings. The normalized spacial score (nSPS) is 14.4. The van der Waals surface area contributed by atoms with Gasteiger partial charge in [-0.2, -0.15) is 13.2 Å². The van der Waals surface area contributed by atoms with E-state index in [2.05, 4.69) is 10.6 Å². The number of hydrogen-bond donors (Lipinski definition) is 2. The standard InChI is InChI=1S/C29H29F3N4O3/c1-35-24(11-12-25(35)29(30,31)32)28(39)36-17-15-22(16-18-36)21-7-9-23(10-8-21)34-27(38)14-13-26(37)33-19-20-5-3-2-4-6-20/h2-14,22H,15-19H2,1H3,(H,33,37)(H,34,38)/b14-13+. The molecule has 1 aliphatic rings. The molecule has 0 bridgehead atoms. The van der Waals surface area contributed by atoms with Gasteiger partial charge < -0.3 is 20.1 Å². The highest BCUT2D eigenvalue weighted by molar-refractivity contribution is 6.03. The number of piperidine rings is 1. The zero-order valence-corrected chi connectivity index (χ0v) is 21.4. The molecule has 2 N–H and O–H groups in total. The first-order valence-electron chi connectivity index (χ1n) is 12.5. The van der Waals surface area contributed by atoms with E-state index >= 15 is 0 Å². The first-order chi connectivity index (χ1) is 18.6. The molecule has 0 aliphatic carbocycles. The highest BCUT2D eigenvalue weighted by atomic mass is 19.4. The van der Waals surface area contributed by atoms with Gasteiger partial charge in [-0.15, -0.1) is 0 Å². The molecular weight excluding hydrogens is 509 g/mol. The second kappa shape index (κ2) is 12.0. The third kappa shape index (κ3) is 7.16. The number of alkyl halides is 3. The van der Waals surface area contributed by atoms with Crippen molar-refractivity contribution in [1.29, 1.82) is 0 Å². The van der Waals surface area contributed by atoms with Gasteiger partial charge in [-0.25, -0.2) is 0 Å².